The van der Waals surface area contributed by atoms with Crippen LogP contribution in [0.25, 0.3) is 0 Å². The fourth-order valence-corrected chi connectivity index (χ4v) is 2.45. The van der Waals surface area contributed by atoms with Gasteiger partial charge in [0.1, 0.15) is 5.75 Å². The van der Waals surface area contributed by atoms with Gasteiger partial charge in [-0.25, -0.2) is 0 Å². The van der Waals surface area contributed by atoms with E-state index in [1.165, 1.54) is 0 Å². The molecule has 1 aliphatic heterocycles. The van der Waals surface area contributed by atoms with Crippen molar-refractivity contribution in [3.63, 3.8) is 0 Å². The van der Waals surface area contributed by atoms with E-state index >= 15 is 0 Å². The molecule has 138 valence electrons. The summed E-state index contributed by atoms with van der Waals surface area (Å²) in [5.41, 5.74) is -0.764. The van der Waals surface area contributed by atoms with Crippen molar-refractivity contribution in [1.82, 2.24) is 5.32 Å². The van der Waals surface area contributed by atoms with E-state index in [-0.39, 0.29) is 23.2 Å². The van der Waals surface area contributed by atoms with Gasteiger partial charge >= 0.3 is 7.12 Å². The third-order valence-electron chi connectivity index (χ3n) is 4.75. The van der Waals surface area contributed by atoms with E-state index in [0.29, 0.717) is 5.75 Å². The molecule has 1 heterocycles. The maximum Gasteiger partial charge on any atom is 0.494 e. The molecule has 0 aliphatic carbocycles. The molecule has 6 heteroatoms. The van der Waals surface area contributed by atoms with E-state index in [1.54, 1.807) is 13.8 Å². The summed E-state index contributed by atoms with van der Waals surface area (Å²) in [7, 11) is -0.406. The molecule has 1 N–H and O–H groups in total. The van der Waals surface area contributed by atoms with Crippen molar-refractivity contribution < 1.29 is 18.8 Å². The molecule has 0 spiro atoms. The van der Waals surface area contributed by atoms with Crippen molar-refractivity contribution in [3.05, 3.63) is 24.3 Å². The van der Waals surface area contributed by atoms with E-state index < -0.39 is 12.7 Å². The lowest BCUT2D eigenvalue weighted by molar-refractivity contribution is -0.134. The minimum Gasteiger partial charge on any atom is -0.478 e. The van der Waals surface area contributed by atoms with E-state index in [2.05, 4.69) is 5.32 Å². The van der Waals surface area contributed by atoms with Gasteiger partial charge in [-0.2, -0.15) is 0 Å². The van der Waals surface area contributed by atoms with Gasteiger partial charge in [-0.3, -0.25) is 4.79 Å². The molecule has 0 radical (unpaired) electrons. The Kier molecular flexibility index (Phi) is 5.27. The summed E-state index contributed by atoms with van der Waals surface area (Å²) in [6.45, 7) is 15.5. The van der Waals surface area contributed by atoms with Crippen LogP contribution in [0.4, 0.5) is 0 Å². The van der Waals surface area contributed by atoms with Gasteiger partial charge in [-0.1, -0.05) is 12.1 Å². The first-order valence-corrected chi connectivity index (χ1v) is 8.80. The standard InChI is InChI=1S/C19H30BNO4/c1-13(2)21-16(22)17(3,4)23-15-11-9-14(10-12-15)20-24-18(5,6)19(7,8)25-20/h9-13H,1-8H3,(H,21,22). The number of carbonyl (C=O) groups excluding carboxylic acids is 1. The molecular formula is C19H30BNO4. The Morgan fingerprint density at radius 1 is 1.08 bits per heavy atom. The number of amides is 1. The van der Waals surface area contributed by atoms with Crippen molar-refractivity contribution in [2.45, 2.75) is 78.2 Å². The number of nitrogens with one attached hydrogen (secondary N) is 1. The second-order valence-electron chi connectivity index (χ2n) is 8.40. The van der Waals surface area contributed by atoms with Crippen LogP contribution in [0.1, 0.15) is 55.4 Å². The zero-order valence-corrected chi connectivity index (χ0v) is 16.6. The molecule has 0 aromatic heterocycles. The van der Waals surface area contributed by atoms with Gasteiger partial charge in [0.25, 0.3) is 5.91 Å². The molecule has 1 fully saturated rings. The topological polar surface area (TPSA) is 56.8 Å². The summed E-state index contributed by atoms with van der Waals surface area (Å²) in [4.78, 5) is 12.2. The number of hydrogen-bond acceptors (Lipinski definition) is 4. The highest BCUT2D eigenvalue weighted by molar-refractivity contribution is 6.62. The van der Waals surface area contributed by atoms with Gasteiger partial charge in [0.2, 0.25) is 0 Å². The number of hydrogen-bond donors (Lipinski definition) is 1. The van der Waals surface area contributed by atoms with Crippen molar-refractivity contribution in [2.24, 2.45) is 0 Å². The average molecular weight is 347 g/mol. The molecular weight excluding hydrogens is 317 g/mol. The molecule has 1 aromatic rings. The largest absolute Gasteiger partial charge is 0.494 e. The molecule has 1 saturated heterocycles. The lowest BCUT2D eigenvalue weighted by atomic mass is 9.79. The van der Waals surface area contributed by atoms with Crippen LogP contribution < -0.4 is 15.5 Å². The molecule has 5 nitrogen and oxygen atoms in total. The summed E-state index contributed by atoms with van der Waals surface area (Å²) in [6.07, 6.45) is 0. The molecule has 0 unspecified atom stereocenters. The monoisotopic (exact) mass is 347 g/mol. The number of benzene rings is 1. The minimum atomic E-state index is -0.948. The van der Waals surface area contributed by atoms with E-state index in [9.17, 15) is 4.79 Å². The molecule has 1 amide bonds. The Morgan fingerprint density at radius 2 is 1.56 bits per heavy atom. The molecule has 0 saturated carbocycles. The Labute approximate surface area is 151 Å². The highest BCUT2D eigenvalue weighted by Crippen LogP contribution is 2.36. The highest BCUT2D eigenvalue weighted by atomic mass is 16.7. The van der Waals surface area contributed by atoms with Crippen LogP contribution in [-0.2, 0) is 14.1 Å². The lowest BCUT2D eigenvalue weighted by Gasteiger charge is -2.32. The first-order chi connectivity index (χ1) is 11.3. The molecule has 0 atom stereocenters. The fourth-order valence-electron chi connectivity index (χ4n) is 2.45. The third-order valence-corrected chi connectivity index (χ3v) is 4.75. The van der Waals surface area contributed by atoms with Crippen LogP contribution in [0.3, 0.4) is 0 Å². The van der Waals surface area contributed by atoms with E-state index in [0.717, 1.165) is 5.46 Å². The summed E-state index contributed by atoms with van der Waals surface area (Å²) in [6, 6.07) is 7.57. The van der Waals surface area contributed by atoms with Crippen molar-refractivity contribution >= 4 is 18.5 Å². The molecule has 1 aliphatic rings. The number of ether oxygens (including phenoxy) is 1. The Bertz CT molecular complexity index is 607. The zero-order valence-electron chi connectivity index (χ0n) is 16.6. The molecule has 1 aromatic carbocycles. The predicted molar refractivity (Wildman–Crippen MR) is 100 cm³/mol. The Balaban J connectivity index is 2.07. The van der Waals surface area contributed by atoms with Gasteiger partial charge in [-0.05, 0) is 73.0 Å². The predicted octanol–water partition coefficient (Wildman–Crippen LogP) is 2.67. The van der Waals surface area contributed by atoms with Gasteiger partial charge in [-0.15, -0.1) is 0 Å². The van der Waals surface area contributed by atoms with Crippen LogP contribution in [0.2, 0.25) is 0 Å². The summed E-state index contributed by atoms with van der Waals surface area (Å²) >= 11 is 0. The van der Waals surface area contributed by atoms with Crippen LogP contribution >= 0.6 is 0 Å². The van der Waals surface area contributed by atoms with Crippen LogP contribution in [0, 0.1) is 0 Å². The Hall–Kier alpha value is -1.53. The minimum absolute atomic E-state index is 0.0705. The molecule has 2 rings (SSSR count). The second-order valence-corrected chi connectivity index (χ2v) is 8.40. The quantitative estimate of drug-likeness (QED) is 0.832. The maximum absolute atomic E-state index is 12.2. The van der Waals surface area contributed by atoms with Gasteiger partial charge in [0, 0.05) is 6.04 Å². The fraction of sp³-hybridized carbons (Fsp3) is 0.632. The summed E-state index contributed by atoms with van der Waals surface area (Å²) in [5.74, 6) is 0.488. The van der Waals surface area contributed by atoms with Crippen molar-refractivity contribution in [1.29, 1.82) is 0 Å². The van der Waals surface area contributed by atoms with Gasteiger partial charge in [0.15, 0.2) is 5.60 Å². The maximum atomic E-state index is 12.2. The van der Waals surface area contributed by atoms with E-state index in [1.807, 2.05) is 65.8 Å². The third kappa shape index (κ3) is 4.36. The second kappa shape index (κ2) is 6.65. The first-order valence-electron chi connectivity index (χ1n) is 8.80. The molecule has 25 heavy (non-hydrogen) atoms. The highest BCUT2D eigenvalue weighted by Gasteiger charge is 2.51. The van der Waals surface area contributed by atoms with Gasteiger partial charge in [0.05, 0.1) is 11.2 Å². The van der Waals surface area contributed by atoms with Crippen LogP contribution in [0.5, 0.6) is 5.75 Å². The number of carbonyl (C=O) groups is 1. The summed E-state index contributed by atoms with van der Waals surface area (Å²) in [5, 5.41) is 2.87. The Morgan fingerprint density at radius 3 is 2.00 bits per heavy atom. The average Bonchev–Trinajstić information content (AvgIpc) is 2.67. The van der Waals surface area contributed by atoms with Gasteiger partial charge < -0.3 is 19.4 Å². The number of rotatable bonds is 5. The normalized spacial score (nSPS) is 19.2. The van der Waals surface area contributed by atoms with Crippen LogP contribution in [-0.4, -0.2) is 35.9 Å². The zero-order chi connectivity index (χ0) is 19.0. The lowest BCUT2D eigenvalue weighted by Crippen LogP contribution is -2.48. The van der Waals surface area contributed by atoms with E-state index in [4.69, 9.17) is 14.0 Å². The van der Waals surface area contributed by atoms with Crippen LogP contribution in [0.15, 0.2) is 24.3 Å². The summed E-state index contributed by atoms with van der Waals surface area (Å²) < 4.78 is 18.0. The SMILES string of the molecule is CC(C)NC(=O)C(C)(C)Oc1ccc(B2OC(C)(C)C(C)(C)O2)cc1. The van der Waals surface area contributed by atoms with Crippen molar-refractivity contribution in [2.75, 3.05) is 0 Å². The molecule has 0 bridgehead atoms. The first kappa shape index (κ1) is 19.8. The smallest absolute Gasteiger partial charge is 0.478 e. The van der Waals surface area contributed by atoms with Crippen molar-refractivity contribution in [3.8, 4) is 5.75 Å².